The Balaban J connectivity index is 1.48. The minimum atomic E-state index is -1.34. The number of nitrogens with one attached hydrogen (secondary N) is 3. The number of rotatable bonds is 6. The Labute approximate surface area is 213 Å². The van der Waals surface area contributed by atoms with Crippen molar-refractivity contribution in [1.29, 1.82) is 0 Å². The van der Waals surface area contributed by atoms with E-state index >= 15 is 0 Å². The first-order valence-electron chi connectivity index (χ1n) is 10.6. The van der Waals surface area contributed by atoms with Gasteiger partial charge in [0, 0.05) is 15.3 Å². The van der Waals surface area contributed by atoms with E-state index in [4.69, 9.17) is 0 Å². The van der Waals surface area contributed by atoms with Crippen molar-refractivity contribution >= 4 is 57.0 Å². The summed E-state index contributed by atoms with van der Waals surface area (Å²) in [5.41, 5.74) is 2.17. The number of H-pyrrole nitrogens is 1. The molecule has 0 aliphatic rings. The van der Waals surface area contributed by atoms with Crippen LogP contribution in [0.1, 0.15) is 27.6 Å². The molecule has 0 unspecified atom stereocenters. The van der Waals surface area contributed by atoms with Gasteiger partial charge in [-0.3, -0.25) is 14.4 Å². The monoisotopic (exact) mass is 581 g/mol. The zero-order valence-corrected chi connectivity index (χ0v) is 20.6. The molecule has 0 fully saturated rings. The smallest absolute Gasteiger partial charge is 0.341 e. The number of hydrogen-bond acceptors (Lipinski definition) is 4. The van der Waals surface area contributed by atoms with Crippen LogP contribution in [0.2, 0.25) is 0 Å². The number of carboxylic acids is 1. The van der Waals surface area contributed by atoms with Crippen LogP contribution in [0.25, 0.3) is 22.0 Å². The summed E-state index contributed by atoms with van der Waals surface area (Å²) in [7, 11) is 0. The number of benzene rings is 3. The molecule has 0 radical (unpaired) electrons. The van der Waals surface area contributed by atoms with Crippen molar-refractivity contribution in [3.8, 4) is 11.1 Å². The number of amides is 2. The van der Waals surface area contributed by atoms with E-state index in [1.165, 1.54) is 0 Å². The van der Waals surface area contributed by atoms with Crippen molar-refractivity contribution in [3.05, 3.63) is 97.8 Å². The fraction of sp³-hybridized carbons (Fsp3) is 0.0769. The number of pyridine rings is 1. The molecule has 0 aliphatic heterocycles. The van der Waals surface area contributed by atoms with Gasteiger partial charge in [0.15, 0.2) is 0 Å². The molecular weight excluding hydrogens is 561 g/mol. The van der Waals surface area contributed by atoms with Gasteiger partial charge in [0.2, 0.25) is 11.3 Å². The quantitative estimate of drug-likeness (QED) is 0.253. The van der Waals surface area contributed by atoms with Gasteiger partial charge in [-0.1, -0.05) is 42.5 Å². The third-order valence-electron chi connectivity index (χ3n) is 5.47. The molecule has 0 aliphatic carbocycles. The first-order valence-corrected chi connectivity index (χ1v) is 11.7. The summed E-state index contributed by atoms with van der Waals surface area (Å²) in [6.45, 7) is 1.55. The molecule has 0 bridgehead atoms. The molecule has 0 spiro atoms. The summed E-state index contributed by atoms with van der Waals surface area (Å²) in [6, 6.07) is 19.2. The van der Waals surface area contributed by atoms with E-state index in [1.54, 1.807) is 31.2 Å². The van der Waals surface area contributed by atoms with E-state index < -0.39 is 34.8 Å². The van der Waals surface area contributed by atoms with Gasteiger partial charge in [0.1, 0.15) is 11.6 Å². The lowest BCUT2D eigenvalue weighted by Crippen LogP contribution is -2.41. The van der Waals surface area contributed by atoms with E-state index in [0.29, 0.717) is 20.3 Å². The van der Waals surface area contributed by atoms with E-state index in [0.717, 1.165) is 17.3 Å². The fourth-order valence-electron chi connectivity index (χ4n) is 3.56. The predicted molar refractivity (Wildman–Crippen MR) is 142 cm³/mol. The van der Waals surface area contributed by atoms with Crippen molar-refractivity contribution < 1.29 is 19.5 Å². The van der Waals surface area contributed by atoms with Crippen molar-refractivity contribution in [3.63, 3.8) is 0 Å². The molecular formula is C26H20IN3O5. The Bertz CT molecular complexity index is 1500. The molecule has 1 heterocycles. The highest BCUT2D eigenvalue weighted by Gasteiger charge is 2.20. The number of carboxylic acid groups (broad SMARTS) is 1. The van der Waals surface area contributed by atoms with Crippen LogP contribution in [-0.4, -0.2) is 33.9 Å². The molecule has 176 valence electrons. The van der Waals surface area contributed by atoms with Crippen LogP contribution in [-0.2, 0) is 4.79 Å². The summed E-state index contributed by atoms with van der Waals surface area (Å²) >= 11 is 1.89. The van der Waals surface area contributed by atoms with Crippen molar-refractivity contribution in [2.24, 2.45) is 0 Å². The molecule has 9 heteroatoms. The summed E-state index contributed by atoms with van der Waals surface area (Å²) in [5.74, 6) is -2.23. The first kappa shape index (κ1) is 24.1. The van der Waals surface area contributed by atoms with Crippen molar-refractivity contribution in [2.75, 3.05) is 5.32 Å². The largest absolute Gasteiger partial charge is 0.477 e. The molecule has 35 heavy (non-hydrogen) atoms. The third kappa shape index (κ3) is 5.09. The Morgan fingerprint density at radius 2 is 1.60 bits per heavy atom. The molecule has 0 saturated heterocycles. The van der Waals surface area contributed by atoms with E-state index in [2.05, 4.69) is 15.6 Å². The Morgan fingerprint density at radius 1 is 0.943 bits per heavy atom. The van der Waals surface area contributed by atoms with Crippen LogP contribution in [0.5, 0.6) is 0 Å². The van der Waals surface area contributed by atoms with Gasteiger partial charge in [0.25, 0.3) is 5.91 Å². The lowest BCUT2D eigenvalue weighted by atomic mass is 10.0. The van der Waals surface area contributed by atoms with Gasteiger partial charge < -0.3 is 20.7 Å². The SMILES string of the molecule is C[C@H](NC(=O)c1ccc(-c2ccccc2)cc1)C(=O)Nc1ccc2[nH]cc(C(=O)O)c(=O)c2c1I. The first-order chi connectivity index (χ1) is 16.8. The maximum absolute atomic E-state index is 12.8. The Morgan fingerprint density at radius 3 is 2.26 bits per heavy atom. The Kier molecular flexibility index (Phi) is 6.97. The van der Waals surface area contributed by atoms with Gasteiger partial charge in [-0.25, -0.2) is 4.79 Å². The number of aromatic amines is 1. The number of fused-ring (bicyclic) bond motifs is 1. The number of carbonyl (C=O) groups is 3. The molecule has 3 aromatic carbocycles. The summed E-state index contributed by atoms with van der Waals surface area (Å²) < 4.78 is 0.396. The van der Waals surface area contributed by atoms with Gasteiger partial charge in [-0.05, 0) is 64.9 Å². The highest BCUT2D eigenvalue weighted by atomic mass is 127. The highest BCUT2D eigenvalue weighted by molar-refractivity contribution is 14.1. The van der Waals surface area contributed by atoms with Crippen LogP contribution < -0.4 is 16.1 Å². The highest BCUT2D eigenvalue weighted by Crippen LogP contribution is 2.25. The lowest BCUT2D eigenvalue weighted by molar-refractivity contribution is -0.117. The molecule has 4 rings (SSSR count). The molecule has 2 amide bonds. The van der Waals surface area contributed by atoms with Crippen molar-refractivity contribution in [1.82, 2.24) is 10.3 Å². The summed E-state index contributed by atoms with van der Waals surface area (Å²) in [6.07, 6.45) is 1.14. The second-order valence-electron chi connectivity index (χ2n) is 7.81. The second kappa shape index (κ2) is 10.1. The topological polar surface area (TPSA) is 128 Å². The summed E-state index contributed by atoms with van der Waals surface area (Å²) in [5, 5.41) is 14.8. The number of aromatic nitrogens is 1. The molecule has 4 N–H and O–H groups in total. The predicted octanol–water partition coefficient (Wildman–Crippen LogP) is 4.25. The normalized spacial score (nSPS) is 11.6. The molecule has 4 aromatic rings. The van der Waals surface area contributed by atoms with Gasteiger partial charge in [-0.2, -0.15) is 0 Å². The number of halogens is 1. The van der Waals surface area contributed by atoms with Crippen LogP contribution in [0.4, 0.5) is 5.69 Å². The van der Waals surface area contributed by atoms with Crippen LogP contribution in [0.3, 0.4) is 0 Å². The van der Waals surface area contributed by atoms with E-state index in [1.807, 2.05) is 65.1 Å². The maximum atomic E-state index is 12.8. The van der Waals surface area contributed by atoms with Gasteiger partial charge in [-0.15, -0.1) is 0 Å². The third-order valence-corrected chi connectivity index (χ3v) is 6.59. The Hall–Kier alpha value is -3.99. The van der Waals surface area contributed by atoms with Gasteiger partial charge in [0.05, 0.1) is 16.6 Å². The number of aromatic carboxylic acids is 1. The lowest BCUT2D eigenvalue weighted by Gasteiger charge is -2.16. The van der Waals surface area contributed by atoms with Crippen LogP contribution >= 0.6 is 22.6 Å². The maximum Gasteiger partial charge on any atom is 0.341 e. The van der Waals surface area contributed by atoms with Crippen LogP contribution in [0.15, 0.2) is 77.7 Å². The number of anilines is 1. The van der Waals surface area contributed by atoms with Gasteiger partial charge >= 0.3 is 5.97 Å². The van der Waals surface area contributed by atoms with E-state index in [-0.39, 0.29) is 5.39 Å². The fourth-order valence-corrected chi connectivity index (χ4v) is 4.41. The van der Waals surface area contributed by atoms with Crippen LogP contribution in [0, 0.1) is 3.57 Å². The minimum absolute atomic E-state index is 0.165. The van der Waals surface area contributed by atoms with E-state index in [9.17, 15) is 24.3 Å². The number of carbonyl (C=O) groups excluding carboxylic acids is 2. The molecule has 8 nitrogen and oxygen atoms in total. The average molecular weight is 581 g/mol. The zero-order chi connectivity index (χ0) is 25.1. The zero-order valence-electron chi connectivity index (χ0n) is 18.5. The average Bonchev–Trinajstić information content (AvgIpc) is 2.86. The minimum Gasteiger partial charge on any atom is -0.477 e. The van der Waals surface area contributed by atoms with Crippen molar-refractivity contribution in [2.45, 2.75) is 13.0 Å². The number of hydrogen-bond donors (Lipinski definition) is 4. The molecule has 1 atom stereocenters. The molecule has 1 aromatic heterocycles. The molecule has 0 saturated carbocycles. The second-order valence-corrected chi connectivity index (χ2v) is 8.89. The summed E-state index contributed by atoms with van der Waals surface area (Å²) in [4.78, 5) is 52.1. The standard InChI is InChI=1S/C26H20IN3O5/c1-14(29-25(33)17-9-7-16(8-10-17)15-5-3-2-4-6-15)24(32)30-20-12-11-19-21(22(20)27)23(31)18(13-28-19)26(34)35/h2-14H,1H3,(H,28,31)(H,29,33)(H,30,32)(H,34,35)/t14-/m0/s1.